The van der Waals surface area contributed by atoms with Crippen LogP contribution in [0.2, 0.25) is 0 Å². The Balaban J connectivity index is 2.07. The highest BCUT2D eigenvalue weighted by Gasteiger charge is 2.04. The van der Waals surface area contributed by atoms with E-state index in [0.29, 0.717) is 6.54 Å². The number of aryl methyl sites for hydroxylation is 2. The van der Waals surface area contributed by atoms with Crippen molar-refractivity contribution in [3.63, 3.8) is 0 Å². The summed E-state index contributed by atoms with van der Waals surface area (Å²) >= 11 is 0. The summed E-state index contributed by atoms with van der Waals surface area (Å²) in [5.41, 5.74) is 1.14. The summed E-state index contributed by atoms with van der Waals surface area (Å²) in [6, 6.07) is 1.96. The van der Waals surface area contributed by atoms with Crippen molar-refractivity contribution in [2.45, 2.75) is 39.7 Å². The average molecular weight is 288 g/mol. The SMILES string of the molecule is CCCNc1cc(NCc2cnn(C)c2)nc(CCC)n1. The van der Waals surface area contributed by atoms with Gasteiger partial charge in [0.1, 0.15) is 17.5 Å². The lowest BCUT2D eigenvalue weighted by Crippen LogP contribution is -2.08. The summed E-state index contributed by atoms with van der Waals surface area (Å²) in [5, 5.41) is 10.8. The lowest BCUT2D eigenvalue weighted by atomic mass is 10.3. The zero-order valence-corrected chi connectivity index (χ0v) is 13.1. The first-order valence-corrected chi connectivity index (χ1v) is 7.54. The predicted octanol–water partition coefficient (Wildman–Crippen LogP) is 2.60. The molecule has 0 aromatic carbocycles. The van der Waals surface area contributed by atoms with Crippen molar-refractivity contribution in [1.82, 2.24) is 19.7 Å². The first-order chi connectivity index (χ1) is 10.2. The van der Waals surface area contributed by atoms with Crippen LogP contribution in [-0.4, -0.2) is 26.3 Å². The molecule has 0 aliphatic rings. The summed E-state index contributed by atoms with van der Waals surface area (Å²) in [6.45, 7) is 5.91. The maximum Gasteiger partial charge on any atom is 0.133 e. The molecule has 0 spiro atoms. The monoisotopic (exact) mass is 288 g/mol. The van der Waals surface area contributed by atoms with Gasteiger partial charge in [-0.3, -0.25) is 4.68 Å². The van der Waals surface area contributed by atoms with E-state index in [1.165, 1.54) is 0 Å². The van der Waals surface area contributed by atoms with Gasteiger partial charge in [0.05, 0.1) is 6.20 Å². The van der Waals surface area contributed by atoms with E-state index in [1.54, 1.807) is 4.68 Å². The molecule has 0 aliphatic carbocycles. The topological polar surface area (TPSA) is 67.7 Å². The third-order valence-corrected chi connectivity index (χ3v) is 3.03. The van der Waals surface area contributed by atoms with Crippen molar-refractivity contribution in [3.05, 3.63) is 29.8 Å². The van der Waals surface area contributed by atoms with Crippen LogP contribution in [0, 0.1) is 0 Å². The molecule has 2 N–H and O–H groups in total. The van der Waals surface area contributed by atoms with Gasteiger partial charge in [-0.15, -0.1) is 0 Å². The van der Waals surface area contributed by atoms with Crippen LogP contribution in [0.4, 0.5) is 11.6 Å². The van der Waals surface area contributed by atoms with E-state index in [4.69, 9.17) is 0 Å². The molecule has 21 heavy (non-hydrogen) atoms. The highest BCUT2D eigenvalue weighted by molar-refractivity contribution is 5.47. The Kier molecular flexibility index (Phi) is 5.54. The average Bonchev–Trinajstić information content (AvgIpc) is 2.89. The van der Waals surface area contributed by atoms with Crippen molar-refractivity contribution in [2.24, 2.45) is 7.05 Å². The maximum atomic E-state index is 4.56. The van der Waals surface area contributed by atoms with Crippen LogP contribution in [0.1, 0.15) is 38.1 Å². The molecule has 6 heteroatoms. The van der Waals surface area contributed by atoms with Crippen molar-refractivity contribution in [1.29, 1.82) is 0 Å². The second-order valence-electron chi connectivity index (χ2n) is 5.11. The number of hydrogen-bond acceptors (Lipinski definition) is 5. The van der Waals surface area contributed by atoms with E-state index >= 15 is 0 Å². The lowest BCUT2D eigenvalue weighted by molar-refractivity contribution is 0.767. The Hall–Kier alpha value is -2.11. The van der Waals surface area contributed by atoms with E-state index in [2.05, 4.69) is 39.5 Å². The summed E-state index contributed by atoms with van der Waals surface area (Å²) in [6.07, 6.45) is 6.86. The molecule has 2 aromatic rings. The minimum atomic E-state index is 0.712. The molecule has 0 unspecified atom stereocenters. The van der Waals surface area contributed by atoms with Crippen molar-refractivity contribution < 1.29 is 0 Å². The molecule has 0 saturated heterocycles. The van der Waals surface area contributed by atoms with Crippen LogP contribution < -0.4 is 10.6 Å². The van der Waals surface area contributed by atoms with E-state index in [-0.39, 0.29) is 0 Å². The molecule has 0 atom stereocenters. The summed E-state index contributed by atoms with van der Waals surface area (Å²) in [5.74, 6) is 2.63. The standard InChI is InChI=1S/C15H24N6/c1-4-6-13-19-14(16-7-5-2)8-15(20-13)17-9-12-10-18-21(3)11-12/h8,10-11H,4-7,9H2,1-3H3,(H2,16,17,19,20). The Morgan fingerprint density at radius 2 is 1.86 bits per heavy atom. The highest BCUT2D eigenvalue weighted by Crippen LogP contribution is 2.13. The number of nitrogens with zero attached hydrogens (tertiary/aromatic N) is 4. The first-order valence-electron chi connectivity index (χ1n) is 7.54. The zero-order chi connectivity index (χ0) is 15.1. The number of nitrogens with one attached hydrogen (secondary N) is 2. The fourth-order valence-electron chi connectivity index (χ4n) is 2.02. The molecule has 2 aromatic heterocycles. The van der Waals surface area contributed by atoms with Crippen LogP contribution in [0.15, 0.2) is 18.5 Å². The molecule has 0 fully saturated rings. The van der Waals surface area contributed by atoms with Gasteiger partial charge in [0.2, 0.25) is 0 Å². The summed E-state index contributed by atoms with van der Waals surface area (Å²) < 4.78 is 1.80. The maximum absolute atomic E-state index is 4.56. The van der Waals surface area contributed by atoms with Gasteiger partial charge < -0.3 is 10.6 Å². The van der Waals surface area contributed by atoms with Crippen molar-refractivity contribution >= 4 is 11.6 Å². The van der Waals surface area contributed by atoms with E-state index in [9.17, 15) is 0 Å². The molecule has 114 valence electrons. The number of rotatable bonds is 8. The number of anilines is 2. The van der Waals surface area contributed by atoms with E-state index < -0.39 is 0 Å². The smallest absolute Gasteiger partial charge is 0.133 e. The number of hydrogen-bond donors (Lipinski definition) is 2. The van der Waals surface area contributed by atoms with Crippen LogP contribution in [0.3, 0.4) is 0 Å². The molecular formula is C15H24N6. The van der Waals surface area contributed by atoms with E-state index in [1.807, 2.05) is 25.5 Å². The Labute approximate surface area is 126 Å². The van der Waals surface area contributed by atoms with Crippen molar-refractivity contribution in [3.8, 4) is 0 Å². The molecule has 6 nitrogen and oxygen atoms in total. The van der Waals surface area contributed by atoms with Gasteiger partial charge in [0.25, 0.3) is 0 Å². The lowest BCUT2D eigenvalue weighted by Gasteiger charge is -2.10. The predicted molar refractivity (Wildman–Crippen MR) is 85.3 cm³/mol. The molecular weight excluding hydrogens is 264 g/mol. The van der Waals surface area contributed by atoms with Crippen LogP contribution >= 0.6 is 0 Å². The van der Waals surface area contributed by atoms with Gasteiger partial charge >= 0.3 is 0 Å². The van der Waals surface area contributed by atoms with Gasteiger partial charge in [-0.05, 0) is 12.8 Å². The normalized spacial score (nSPS) is 10.6. The molecule has 0 bridgehead atoms. The fourth-order valence-corrected chi connectivity index (χ4v) is 2.02. The zero-order valence-electron chi connectivity index (χ0n) is 13.1. The van der Waals surface area contributed by atoms with Crippen LogP contribution in [-0.2, 0) is 20.0 Å². The number of aromatic nitrogens is 4. The second-order valence-corrected chi connectivity index (χ2v) is 5.11. The molecule has 0 radical (unpaired) electrons. The van der Waals surface area contributed by atoms with Crippen LogP contribution in [0.25, 0.3) is 0 Å². The largest absolute Gasteiger partial charge is 0.370 e. The van der Waals surface area contributed by atoms with Gasteiger partial charge in [0, 0.05) is 44.4 Å². The first kappa shape index (κ1) is 15.3. The molecule has 0 aliphatic heterocycles. The van der Waals surface area contributed by atoms with Crippen molar-refractivity contribution in [2.75, 3.05) is 17.2 Å². The minimum absolute atomic E-state index is 0.712. The Bertz CT molecular complexity index is 563. The second kappa shape index (κ2) is 7.61. The third-order valence-electron chi connectivity index (χ3n) is 3.03. The summed E-state index contributed by atoms with van der Waals surface area (Å²) in [4.78, 5) is 9.10. The Morgan fingerprint density at radius 3 is 2.48 bits per heavy atom. The fraction of sp³-hybridized carbons (Fsp3) is 0.533. The Morgan fingerprint density at radius 1 is 1.10 bits per heavy atom. The van der Waals surface area contributed by atoms with Gasteiger partial charge in [0.15, 0.2) is 0 Å². The minimum Gasteiger partial charge on any atom is -0.370 e. The molecule has 2 rings (SSSR count). The van der Waals surface area contributed by atoms with Gasteiger partial charge in [-0.25, -0.2) is 9.97 Å². The quantitative estimate of drug-likeness (QED) is 0.781. The molecule has 0 saturated carbocycles. The van der Waals surface area contributed by atoms with Gasteiger partial charge in [-0.2, -0.15) is 5.10 Å². The molecule has 2 heterocycles. The van der Waals surface area contributed by atoms with Crippen LogP contribution in [0.5, 0.6) is 0 Å². The van der Waals surface area contributed by atoms with E-state index in [0.717, 1.165) is 48.8 Å². The molecule has 0 amide bonds. The highest BCUT2D eigenvalue weighted by atomic mass is 15.2. The van der Waals surface area contributed by atoms with Gasteiger partial charge in [-0.1, -0.05) is 13.8 Å². The summed E-state index contributed by atoms with van der Waals surface area (Å²) in [7, 11) is 1.92. The third kappa shape index (κ3) is 4.73.